The minimum atomic E-state index is -2.37. The Morgan fingerprint density at radius 1 is 1.19 bits per heavy atom. The fourth-order valence-corrected chi connectivity index (χ4v) is 5.66. The number of hydrogen-bond acceptors (Lipinski definition) is 6. The molecule has 6 nitrogen and oxygen atoms in total. The Morgan fingerprint density at radius 3 is 2.73 bits per heavy atom. The first-order valence-electron chi connectivity index (χ1n) is 7.71. The van der Waals surface area contributed by atoms with Gasteiger partial charge in [-0.15, -0.1) is 0 Å². The van der Waals surface area contributed by atoms with E-state index in [1.807, 2.05) is 24.3 Å². The summed E-state index contributed by atoms with van der Waals surface area (Å²) in [7, 11) is 0.669. The quantitative estimate of drug-likeness (QED) is 0.651. The van der Waals surface area contributed by atoms with Crippen molar-refractivity contribution < 1.29 is 13.3 Å². The Hall–Kier alpha value is -3.08. The number of nitriles is 1. The summed E-state index contributed by atoms with van der Waals surface area (Å²) in [5, 5.41) is 10.4. The summed E-state index contributed by atoms with van der Waals surface area (Å²) in [5.41, 5.74) is 2.27. The second-order valence-corrected chi connectivity index (χ2v) is 8.13. The average molecular weight is 366 g/mol. The lowest BCUT2D eigenvalue weighted by Gasteiger charge is -2.31. The van der Waals surface area contributed by atoms with E-state index in [9.17, 15) is 10.1 Å². The molecule has 0 aliphatic carbocycles. The van der Waals surface area contributed by atoms with Gasteiger partial charge in [0.05, 0.1) is 23.9 Å². The van der Waals surface area contributed by atoms with Gasteiger partial charge in [0.1, 0.15) is 22.3 Å². The van der Waals surface area contributed by atoms with Crippen LogP contribution in [0.1, 0.15) is 5.56 Å². The highest BCUT2D eigenvalue weighted by molar-refractivity contribution is 8.40. The minimum Gasteiger partial charge on any atom is -0.497 e. The maximum atomic E-state index is 12.9. The highest BCUT2D eigenvalue weighted by Crippen LogP contribution is 2.66. The van der Waals surface area contributed by atoms with Crippen LogP contribution in [0.5, 0.6) is 5.75 Å². The molecule has 1 aromatic heterocycles. The third-order valence-corrected chi connectivity index (χ3v) is 7.19. The van der Waals surface area contributed by atoms with Crippen molar-refractivity contribution in [2.45, 2.75) is 9.79 Å². The van der Waals surface area contributed by atoms with Crippen molar-refractivity contribution in [1.29, 1.82) is 5.26 Å². The molecule has 0 radical (unpaired) electrons. The monoisotopic (exact) mass is 366 g/mol. The van der Waals surface area contributed by atoms with E-state index in [2.05, 4.69) is 11.1 Å². The number of nitrogens with zero attached hydrogens (tertiary/aromatic N) is 2. The van der Waals surface area contributed by atoms with Crippen LogP contribution in [-0.2, 0) is 4.18 Å². The second kappa shape index (κ2) is 6.02. The molecule has 1 atom stereocenters. The van der Waals surface area contributed by atoms with Crippen LogP contribution < -0.4 is 10.4 Å². The number of fused-ring (bicyclic) bond motifs is 2. The molecular weight excluding hydrogens is 352 g/mol. The molecule has 1 unspecified atom stereocenters. The van der Waals surface area contributed by atoms with Crippen molar-refractivity contribution in [2.24, 2.45) is 4.99 Å². The molecule has 26 heavy (non-hydrogen) atoms. The van der Waals surface area contributed by atoms with E-state index in [1.54, 1.807) is 23.7 Å². The highest BCUT2D eigenvalue weighted by Gasteiger charge is 2.39. The van der Waals surface area contributed by atoms with Crippen LogP contribution in [0.2, 0.25) is 0 Å². The van der Waals surface area contributed by atoms with Gasteiger partial charge in [-0.25, -0.2) is 9.79 Å². The molecule has 0 saturated carbocycles. The maximum Gasteiger partial charge on any atom is 0.352 e. The van der Waals surface area contributed by atoms with Gasteiger partial charge in [-0.3, -0.25) is 0 Å². The van der Waals surface area contributed by atoms with Crippen LogP contribution in [-0.4, -0.2) is 19.8 Å². The molecule has 4 rings (SSSR count). The van der Waals surface area contributed by atoms with Crippen molar-refractivity contribution in [3.8, 4) is 11.8 Å². The van der Waals surface area contributed by atoms with Gasteiger partial charge in [-0.2, -0.15) is 5.26 Å². The van der Waals surface area contributed by atoms with Gasteiger partial charge in [0.2, 0.25) is 0 Å². The zero-order valence-electron chi connectivity index (χ0n) is 14.1. The Labute approximate surface area is 150 Å². The van der Waals surface area contributed by atoms with Crippen molar-refractivity contribution in [3.63, 3.8) is 0 Å². The molecule has 130 valence electrons. The largest absolute Gasteiger partial charge is 0.497 e. The van der Waals surface area contributed by atoms with Crippen molar-refractivity contribution in [1.82, 2.24) is 0 Å². The van der Waals surface area contributed by atoms with E-state index in [0.717, 1.165) is 10.6 Å². The van der Waals surface area contributed by atoms with Crippen LogP contribution in [0.3, 0.4) is 0 Å². The molecule has 3 aromatic rings. The first-order valence-corrected chi connectivity index (χ1v) is 9.34. The number of para-hydroxylation sites is 1. The highest BCUT2D eigenvalue weighted by atomic mass is 32.3. The number of methoxy groups -OCH3 is 1. The lowest BCUT2D eigenvalue weighted by Crippen LogP contribution is -2.16. The number of hydrogen-bond donors (Lipinski definition) is 0. The SMILES string of the molecule is COc1ccc2c(C#N)c(S3(OC)C=Nc4ccccc43)c(=O)oc2c1. The lowest BCUT2D eigenvalue weighted by molar-refractivity contribution is 0.413. The van der Waals surface area contributed by atoms with E-state index in [-0.39, 0.29) is 10.5 Å². The molecule has 0 amide bonds. The number of ether oxygens (including phenoxy) is 1. The topological polar surface area (TPSA) is 84.8 Å². The first kappa shape index (κ1) is 16.4. The minimum absolute atomic E-state index is 0.203. The summed E-state index contributed by atoms with van der Waals surface area (Å²) in [5.74, 6) is 0.541. The fraction of sp³-hybridized carbons (Fsp3) is 0.105. The molecule has 0 fully saturated rings. The third kappa shape index (κ3) is 2.17. The Bertz CT molecular complexity index is 1160. The predicted octanol–water partition coefficient (Wildman–Crippen LogP) is 4.13. The Morgan fingerprint density at radius 2 is 2.00 bits per heavy atom. The Kier molecular flexibility index (Phi) is 3.80. The molecule has 7 heteroatoms. The lowest BCUT2D eigenvalue weighted by atomic mass is 10.1. The molecular formula is C19H14N2O4S. The second-order valence-electron chi connectivity index (χ2n) is 5.54. The van der Waals surface area contributed by atoms with Gasteiger partial charge in [0.25, 0.3) is 0 Å². The summed E-state index contributed by atoms with van der Waals surface area (Å²) >= 11 is 0. The van der Waals surface area contributed by atoms with Crippen molar-refractivity contribution >= 4 is 32.5 Å². The van der Waals surface area contributed by atoms with E-state index in [4.69, 9.17) is 13.3 Å². The van der Waals surface area contributed by atoms with Crippen molar-refractivity contribution in [2.75, 3.05) is 14.2 Å². The molecule has 0 N–H and O–H groups in total. The van der Waals surface area contributed by atoms with Gasteiger partial charge in [0.15, 0.2) is 0 Å². The van der Waals surface area contributed by atoms with Gasteiger partial charge >= 0.3 is 5.63 Å². The van der Waals surface area contributed by atoms with Crippen LogP contribution >= 0.6 is 10.3 Å². The standard InChI is InChI=1S/C19H14N2O4S/c1-23-12-7-8-13-14(10-20)18(19(22)25-16(13)9-12)26(24-2)11-21-15-5-3-4-6-17(15)26/h3-9,11H,1-2H3. The molecule has 0 bridgehead atoms. The van der Waals surface area contributed by atoms with Crippen molar-refractivity contribution in [3.05, 3.63) is 58.4 Å². The first-order chi connectivity index (χ1) is 12.6. The summed E-state index contributed by atoms with van der Waals surface area (Å²) in [6.45, 7) is 0. The van der Waals surface area contributed by atoms with E-state index in [1.165, 1.54) is 14.2 Å². The molecule has 1 aliphatic heterocycles. The summed E-state index contributed by atoms with van der Waals surface area (Å²) in [6, 6.07) is 14.6. The zero-order chi connectivity index (χ0) is 18.3. The Balaban J connectivity index is 2.10. The van der Waals surface area contributed by atoms with Gasteiger partial charge in [-0.05, 0) is 34.6 Å². The summed E-state index contributed by atoms with van der Waals surface area (Å²) < 4.78 is 16.5. The molecule has 0 spiro atoms. The molecule has 2 aromatic carbocycles. The normalized spacial score (nSPS) is 20.3. The predicted molar refractivity (Wildman–Crippen MR) is 99.5 cm³/mol. The van der Waals surface area contributed by atoms with Gasteiger partial charge in [0, 0.05) is 23.5 Å². The fourth-order valence-electron chi connectivity index (χ4n) is 3.06. The molecule has 1 aliphatic rings. The number of rotatable bonds is 3. The van der Waals surface area contributed by atoms with Crippen LogP contribution in [0.25, 0.3) is 11.0 Å². The summed E-state index contributed by atoms with van der Waals surface area (Å²) in [4.78, 5) is 18.3. The van der Waals surface area contributed by atoms with E-state index < -0.39 is 15.9 Å². The maximum absolute atomic E-state index is 12.9. The van der Waals surface area contributed by atoms with Crippen LogP contribution in [0, 0.1) is 11.3 Å². The molecule has 2 heterocycles. The number of benzene rings is 2. The van der Waals surface area contributed by atoms with Crippen LogP contribution in [0.15, 0.2) is 66.5 Å². The third-order valence-electron chi connectivity index (χ3n) is 4.28. The van der Waals surface area contributed by atoms with Gasteiger partial charge in [-0.1, -0.05) is 12.1 Å². The van der Waals surface area contributed by atoms with Crippen LogP contribution in [0.4, 0.5) is 5.69 Å². The average Bonchev–Trinajstić information content (AvgIpc) is 3.06. The van der Waals surface area contributed by atoms with E-state index in [0.29, 0.717) is 16.7 Å². The number of aliphatic imine (C=N–C) groups is 1. The summed E-state index contributed by atoms with van der Waals surface area (Å²) in [6.07, 6.45) is 0. The zero-order valence-corrected chi connectivity index (χ0v) is 14.9. The van der Waals surface area contributed by atoms with Gasteiger partial charge < -0.3 is 13.3 Å². The smallest absolute Gasteiger partial charge is 0.352 e. The molecule has 0 saturated heterocycles. The van der Waals surface area contributed by atoms with E-state index >= 15 is 0 Å².